The zero-order chi connectivity index (χ0) is 44.1. The number of ketones is 1. The monoisotopic (exact) mass is 854 g/mol. The van der Waals surface area contributed by atoms with Crippen LogP contribution in [-0.4, -0.2) is 54.5 Å². The van der Waals surface area contributed by atoms with Gasteiger partial charge in [-0.05, 0) is 96.0 Å². The SMILES string of the molecule is [CH2-]Cc1c2[n-]c(c1C)/C=C1\[N-]/C(=C3\c4[n-]c(c(C)c4C(=O)[C@@H]3C(=O)OC)Cc3[n-]c(c(C)c3CC)C2)[C@@H](CCC(=O)OC/C=C(/C)CCC[C@H](C)CCC[C@H](C)CCC)[C@@H]1C.[Mg+2]. The molecular weight excluding hydrogens is 785 g/mol. The van der Waals surface area contributed by atoms with Gasteiger partial charge in [-0.1, -0.05) is 118 Å². The molecular formula is C52H69MgN4O5-3. The van der Waals surface area contributed by atoms with E-state index in [9.17, 15) is 14.4 Å². The predicted molar refractivity (Wildman–Crippen MR) is 249 cm³/mol. The molecule has 5 atom stereocenters. The third-order valence-electron chi connectivity index (χ3n) is 14.0. The summed E-state index contributed by atoms with van der Waals surface area (Å²) in [7, 11) is 1.31. The Bertz CT molecular complexity index is 2200. The van der Waals surface area contributed by atoms with Crippen molar-refractivity contribution >= 4 is 52.4 Å². The molecule has 0 unspecified atom stereocenters. The summed E-state index contributed by atoms with van der Waals surface area (Å²) in [6, 6.07) is 0. The minimum atomic E-state index is -1.19. The second-order valence-electron chi connectivity index (χ2n) is 18.3. The first-order valence-electron chi connectivity index (χ1n) is 23.1. The second-order valence-corrected chi connectivity index (χ2v) is 18.3. The molecule has 10 heteroatoms. The standard InChI is InChI=1S/C52H70N4O5.Mg/c1-12-17-29(4)18-15-19-30(5)20-16-21-31(6)24-25-61-45(57)23-22-38-34(9)41-26-39-32(7)36(13-2)43(53-39)27-40-33(8)37(14-3)44(54-40)28-42-35(10)46-50(56-42)47(49(38)55-41)48(51(46)58)52(59)60-11;/h24,26,29-30,34,38,48H,2,12-23,25,27-28H2,1,3-11H3,(H-,55,56,58);/q-4;+2/p-1/b31-24-,41-26-;/t29-,30-,34+,38+,48-;/m1./s1. The van der Waals surface area contributed by atoms with Crippen LogP contribution in [0.2, 0.25) is 0 Å². The molecule has 3 aliphatic rings. The molecule has 332 valence electrons. The normalized spacial score (nSPS) is 21.3. The van der Waals surface area contributed by atoms with Crippen molar-refractivity contribution in [1.82, 2.24) is 15.0 Å². The number of ether oxygens (including phenoxy) is 2. The maximum absolute atomic E-state index is 14.4. The van der Waals surface area contributed by atoms with Crippen molar-refractivity contribution in [3.63, 3.8) is 0 Å². The van der Waals surface area contributed by atoms with E-state index in [2.05, 4.69) is 62.3 Å². The Balaban J connectivity index is 0.00000726. The first kappa shape index (κ1) is 49.3. The van der Waals surface area contributed by atoms with E-state index in [1.54, 1.807) is 0 Å². The Morgan fingerprint density at radius 3 is 2.21 bits per heavy atom. The number of hydrogen-bond donors (Lipinski definition) is 0. The zero-order valence-corrected chi connectivity index (χ0v) is 40.8. The first-order valence-corrected chi connectivity index (χ1v) is 23.1. The molecule has 9 nitrogen and oxygen atoms in total. The van der Waals surface area contributed by atoms with E-state index < -0.39 is 11.9 Å². The summed E-state index contributed by atoms with van der Waals surface area (Å²) in [5, 5.41) is 5.26. The molecule has 0 N–H and O–H groups in total. The average Bonchev–Trinajstić information content (AvgIpc) is 3.97. The van der Waals surface area contributed by atoms with Crippen molar-refractivity contribution in [2.75, 3.05) is 13.7 Å². The molecule has 0 radical (unpaired) electrons. The number of aromatic nitrogens is 3. The average molecular weight is 854 g/mol. The van der Waals surface area contributed by atoms with Crippen LogP contribution in [0.3, 0.4) is 0 Å². The molecule has 62 heavy (non-hydrogen) atoms. The van der Waals surface area contributed by atoms with Crippen molar-refractivity contribution in [2.24, 2.45) is 29.6 Å². The van der Waals surface area contributed by atoms with Crippen molar-refractivity contribution in [1.29, 1.82) is 0 Å². The van der Waals surface area contributed by atoms with E-state index in [1.165, 1.54) is 56.8 Å². The number of fused-ring (bicyclic) bond motifs is 7. The van der Waals surface area contributed by atoms with Crippen LogP contribution in [0.25, 0.3) is 17.0 Å². The molecule has 8 bridgehead atoms. The molecule has 0 spiro atoms. The quantitative estimate of drug-likeness (QED) is 0.0407. The van der Waals surface area contributed by atoms with Crippen molar-refractivity contribution in [3.05, 3.63) is 103 Å². The number of Topliss-reactive ketones (excluding diaryl/α,β-unsaturated/α-hetero) is 1. The summed E-state index contributed by atoms with van der Waals surface area (Å²) >= 11 is 0. The molecule has 0 amide bonds. The van der Waals surface area contributed by atoms with Gasteiger partial charge in [-0.3, -0.25) is 14.4 Å². The van der Waals surface area contributed by atoms with Crippen LogP contribution in [0.5, 0.6) is 0 Å². The number of rotatable bonds is 18. The number of methoxy groups -OCH3 is 1. The molecule has 2 aliphatic heterocycles. The summed E-state index contributed by atoms with van der Waals surface area (Å²) in [6.45, 7) is 24.0. The topological polar surface area (TPSA) is 126 Å². The molecule has 6 rings (SSSR count). The van der Waals surface area contributed by atoms with Gasteiger partial charge in [0, 0.05) is 12.0 Å². The van der Waals surface area contributed by atoms with Gasteiger partial charge < -0.3 is 36.7 Å². The molecule has 0 aromatic carbocycles. The Morgan fingerprint density at radius 1 is 0.887 bits per heavy atom. The van der Waals surface area contributed by atoms with Gasteiger partial charge in [0.05, 0.1) is 7.11 Å². The summed E-state index contributed by atoms with van der Waals surface area (Å²) in [6.07, 6.45) is 17.0. The van der Waals surface area contributed by atoms with Crippen molar-refractivity contribution < 1.29 is 23.9 Å². The minimum absolute atomic E-state index is 0. The van der Waals surface area contributed by atoms with Crippen LogP contribution in [-0.2, 0) is 44.7 Å². The van der Waals surface area contributed by atoms with E-state index >= 15 is 0 Å². The number of hydrogen-bond acceptors (Lipinski definition) is 5. The molecule has 1 fully saturated rings. The molecule has 5 heterocycles. The second kappa shape index (κ2) is 21.7. The van der Waals surface area contributed by atoms with Gasteiger partial charge in [0.25, 0.3) is 0 Å². The first-order chi connectivity index (χ1) is 29.2. The van der Waals surface area contributed by atoms with Gasteiger partial charge in [0.15, 0.2) is 5.78 Å². The molecule has 1 saturated heterocycles. The van der Waals surface area contributed by atoms with Gasteiger partial charge in [-0.25, -0.2) is 0 Å². The van der Waals surface area contributed by atoms with Gasteiger partial charge in [0.1, 0.15) is 12.5 Å². The van der Waals surface area contributed by atoms with E-state index in [0.717, 1.165) is 87.5 Å². The van der Waals surface area contributed by atoms with Gasteiger partial charge in [0.2, 0.25) is 0 Å². The summed E-state index contributed by atoms with van der Waals surface area (Å²) in [4.78, 5) is 56.8. The Morgan fingerprint density at radius 2 is 1.55 bits per heavy atom. The van der Waals surface area contributed by atoms with Crippen LogP contribution in [0.1, 0.15) is 178 Å². The fourth-order valence-electron chi connectivity index (χ4n) is 10.2. The van der Waals surface area contributed by atoms with Gasteiger partial charge >= 0.3 is 35.0 Å². The van der Waals surface area contributed by atoms with Crippen LogP contribution in [0.4, 0.5) is 0 Å². The Hall–Kier alpha value is -3.76. The van der Waals surface area contributed by atoms with Crippen LogP contribution in [0, 0.1) is 57.3 Å². The minimum Gasteiger partial charge on any atom is -0.664 e. The van der Waals surface area contributed by atoms with E-state index in [0.29, 0.717) is 48.2 Å². The number of allylic oxidation sites excluding steroid dienone is 3. The van der Waals surface area contributed by atoms with Crippen LogP contribution in [0.15, 0.2) is 23.0 Å². The summed E-state index contributed by atoms with van der Waals surface area (Å²) in [5.74, 6) is -1.35. The summed E-state index contributed by atoms with van der Waals surface area (Å²) in [5.41, 5.74) is 13.8. The number of carbonyl (C=O) groups is 3. The van der Waals surface area contributed by atoms with Gasteiger partial charge in [-0.15, -0.1) is 11.4 Å². The fourth-order valence-corrected chi connectivity index (χ4v) is 10.2. The van der Waals surface area contributed by atoms with E-state index in [1.807, 2.05) is 19.1 Å². The predicted octanol–water partition coefficient (Wildman–Crippen LogP) is 10.6. The Kier molecular flexibility index (Phi) is 17.3. The molecule has 3 aromatic rings. The molecule has 3 aromatic heterocycles. The molecule has 1 aliphatic carbocycles. The Labute approximate surface area is 387 Å². The van der Waals surface area contributed by atoms with E-state index in [4.69, 9.17) is 29.7 Å². The number of nitrogens with zero attached hydrogens (tertiary/aromatic N) is 4. The maximum Gasteiger partial charge on any atom is 2.00 e. The largest absolute Gasteiger partial charge is 2.00 e. The maximum atomic E-state index is 14.4. The smallest absolute Gasteiger partial charge is 0.664 e. The third kappa shape index (κ3) is 10.4. The number of esters is 2. The van der Waals surface area contributed by atoms with Crippen LogP contribution < -0.4 is 15.0 Å². The summed E-state index contributed by atoms with van der Waals surface area (Å²) < 4.78 is 11.0. The zero-order valence-electron chi connectivity index (χ0n) is 39.4. The van der Waals surface area contributed by atoms with Crippen molar-refractivity contribution in [2.45, 2.75) is 152 Å². The van der Waals surface area contributed by atoms with Gasteiger partial charge in [-0.2, -0.15) is 40.6 Å². The van der Waals surface area contributed by atoms with E-state index in [-0.39, 0.29) is 59.7 Å². The third-order valence-corrected chi connectivity index (χ3v) is 14.0. The fraction of sp³-hybridized carbons (Fsp3) is 0.577. The van der Waals surface area contributed by atoms with Crippen molar-refractivity contribution in [3.8, 4) is 0 Å². The molecule has 0 saturated carbocycles. The van der Waals surface area contributed by atoms with Crippen LogP contribution >= 0.6 is 0 Å². The number of carbonyl (C=O) groups excluding carboxylic acids is 3.